The van der Waals surface area contributed by atoms with Crippen molar-refractivity contribution in [2.24, 2.45) is 0 Å². The van der Waals surface area contributed by atoms with Gasteiger partial charge in [-0.05, 0) is 70.6 Å². The fraction of sp³-hybridized carbons (Fsp3) is 0.816. The molecule has 0 heterocycles. The first-order valence-electron chi connectivity index (χ1n) is 23.5. The summed E-state index contributed by atoms with van der Waals surface area (Å²) >= 11 is 0. The van der Waals surface area contributed by atoms with Gasteiger partial charge in [-0.2, -0.15) is 0 Å². The van der Waals surface area contributed by atoms with E-state index >= 15 is 0 Å². The van der Waals surface area contributed by atoms with Gasteiger partial charge < -0.3 is 14.2 Å². The first-order valence-corrected chi connectivity index (χ1v) is 23.5. The Labute approximate surface area is 340 Å². The Bertz CT molecular complexity index is 938. The first kappa shape index (κ1) is 52.6. The molecule has 0 radical (unpaired) electrons. The second-order valence-electron chi connectivity index (χ2n) is 15.7. The van der Waals surface area contributed by atoms with E-state index < -0.39 is 6.10 Å². The number of hydrogen-bond acceptors (Lipinski definition) is 6. The lowest BCUT2D eigenvalue weighted by molar-refractivity contribution is -0.167. The van der Waals surface area contributed by atoms with Crippen LogP contribution in [0.5, 0.6) is 0 Å². The Kier molecular flexibility index (Phi) is 42.4. The Balaban J connectivity index is 4.39. The molecular weight excluding hydrogens is 685 g/mol. The van der Waals surface area contributed by atoms with E-state index in [-0.39, 0.29) is 31.1 Å². The molecule has 0 aromatic heterocycles. The van der Waals surface area contributed by atoms with Crippen LogP contribution in [0, 0.1) is 0 Å². The lowest BCUT2D eigenvalue weighted by atomic mass is 10.1. The van der Waals surface area contributed by atoms with E-state index in [9.17, 15) is 14.4 Å². The molecule has 0 saturated heterocycles. The maximum atomic E-state index is 12.7. The highest BCUT2D eigenvalue weighted by molar-refractivity contribution is 5.71. The summed E-state index contributed by atoms with van der Waals surface area (Å²) in [7, 11) is 0. The van der Waals surface area contributed by atoms with E-state index in [0.717, 1.165) is 89.9 Å². The van der Waals surface area contributed by atoms with Gasteiger partial charge in [0.25, 0.3) is 0 Å². The van der Waals surface area contributed by atoms with Crippen LogP contribution >= 0.6 is 0 Å². The number of ether oxygens (including phenoxy) is 3. The zero-order valence-electron chi connectivity index (χ0n) is 36.4. The molecule has 6 heteroatoms. The van der Waals surface area contributed by atoms with Gasteiger partial charge in [-0.3, -0.25) is 14.4 Å². The van der Waals surface area contributed by atoms with Crippen molar-refractivity contribution in [3.8, 4) is 0 Å². The van der Waals surface area contributed by atoms with Crippen LogP contribution in [0.25, 0.3) is 0 Å². The summed E-state index contributed by atoms with van der Waals surface area (Å²) < 4.78 is 16.7. The topological polar surface area (TPSA) is 78.9 Å². The minimum Gasteiger partial charge on any atom is -0.462 e. The molecule has 0 aliphatic rings. The standard InChI is InChI=1S/C49H88O6/c1-4-7-10-13-16-19-22-24-25-28-30-33-36-39-42-48(51)54-45-46(44-53-47(50)41-38-35-32-29-26-21-18-15-12-9-6-3)55-49(52)43-40-37-34-31-27-23-20-17-14-11-8-5-2/h13,16-17,20,22,24,46H,4-12,14-15,18-19,21,23,25-45H2,1-3H3/b16-13-,20-17-,24-22-/t46-/m1/s1. The van der Waals surface area contributed by atoms with Crippen molar-refractivity contribution < 1.29 is 28.6 Å². The zero-order chi connectivity index (χ0) is 40.1. The summed E-state index contributed by atoms with van der Waals surface area (Å²) in [4.78, 5) is 37.7. The lowest BCUT2D eigenvalue weighted by Gasteiger charge is -2.18. The molecule has 0 aliphatic heterocycles. The third-order valence-electron chi connectivity index (χ3n) is 10.1. The molecule has 0 aromatic rings. The highest BCUT2D eigenvalue weighted by Gasteiger charge is 2.19. The van der Waals surface area contributed by atoms with Crippen molar-refractivity contribution >= 4 is 17.9 Å². The smallest absolute Gasteiger partial charge is 0.306 e. The quantitative estimate of drug-likeness (QED) is 0.0266. The van der Waals surface area contributed by atoms with E-state index in [2.05, 4.69) is 57.2 Å². The predicted octanol–water partition coefficient (Wildman–Crippen LogP) is 15.0. The Morgan fingerprint density at radius 3 is 1.11 bits per heavy atom. The zero-order valence-corrected chi connectivity index (χ0v) is 36.4. The highest BCUT2D eigenvalue weighted by atomic mass is 16.6. The Morgan fingerprint density at radius 1 is 0.364 bits per heavy atom. The Hall–Kier alpha value is -2.37. The molecule has 0 aliphatic carbocycles. The van der Waals surface area contributed by atoms with E-state index in [1.54, 1.807) is 0 Å². The number of carbonyl (C=O) groups excluding carboxylic acids is 3. The summed E-state index contributed by atoms with van der Waals surface area (Å²) in [5.41, 5.74) is 0. The van der Waals surface area contributed by atoms with Crippen LogP contribution in [0.4, 0.5) is 0 Å². The van der Waals surface area contributed by atoms with Gasteiger partial charge in [0, 0.05) is 19.3 Å². The van der Waals surface area contributed by atoms with Crippen LogP contribution < -0.4 is 0 Å². The SMILES string of the molecule is CCCC/C=C\C/C=C\CCCCCCCC(=O)OC[C@@H](COC(=O)CCCCCCCCCCCCC)OC(=O)CCCCCCC/C=C\CCCCC. The minimum absolute atomic E-state index is 0.0779. The van der Waals surface area contributed by atoms with Gasteiger partial charge in [0.15, 0.2) is 6.10 Å². The van der Waals surface area contributed by atoms with E-state index in [1.807, 2.05) is 0 Å². The van der Waals surface area contributed by atoms with Crippen LogP contribution in [0.3, 0.4) is 0 Å². The molecule has 1 atom stereocenters. The van der Waals surface area contributed by atoms with Crippen LogP contribution in [0.2, 0.25) is 0 Å². The lowest BCUT2D eigenvalue weighted by Crippen LogP contribution is -2.30. The normalized spacial score (nSPS) is 12.3. The molecule has 0 fully saturated rings. The second-order valence-corrected chi connectivity index (χ2v) is 15.7. The molecule has 6 nitrogen and oxygen atoms in total. The number of allylic oxidation sites excluding steroid dienone is 6. The second kappa shape index (κ2) is 44.3. The average molecular weight is 773 g/mol. The third kappa shape index (κ3) is 42.6. The molecule has 0 rings (SSSR count). The van der Waals surface area contributed by atoms with Gasteiger partial charge in [-0.25, -0.2) is 0 Å². The van der Waals surface area contributed by atoms with Crippen LogP contribution in [0.15, 0.2) is 36.5 Å². The van der Waals surface area contributed by atoms with Crippen molar-refractivity contribution in [3.63, 3.8) is 0 Å². The third-order valence-corrected chi connectivity index (χ3v) is 10.1. The maximum absolute atomic E-state index is 12.7. The van der Waals surface area contributed by atoms with Crippen molar-refractivity contribution in [1.29, 1.82) is 0 Å². The predicted molar refractivity (Wildman–Crippen MR) is 233 cm³/mol. The van der Waals surface area contributed by atoms with Gasteiger partial charge in [0.2, 0.25) is 0 Å². The van der Waals surface area contributed by atoms with Crippen LogP contribution in [-0.4, -0.2) is 37.2 Å². The molecule has 0 bridgehead atoms. The van der Waals surface area contributed by atoms with Crippen LogP contribution in [-0.2, 0) is 28.6 Å². The molecule has 0 N–H and O–H groups in total. The Morgan fingerprint density at radius 2 is 0.673 bits per heavy atom. The largest absolute Gasteiger partial charge is 0.462 e. The fourth-order valence-corrected chi connectivity index (χ4v) is 6.51. The number of esters is 3. The number of rotatable bonds is 42. The van der Waals surface area contributed by atoms with E-state index in [4.69, 9.17) is 14.2 Å². The molecular formula is C49H88O6. The summed E-state index contributed by atoms with van der Waals surface area (Å²) in [5.74, 6) is -0.899. The van der Waals surface area contributed by atoms with E-state index in [0.29, 0.717) is 19.3 Å². The van der Waals surface area contributed by atoms with Crippen molar-refractivity contribution in [2.75, 3.05) is 13.2 Å². The van der Waals surface area contributed by atoms with Gasteiger partial charge in [-0.1, -0.05) is 186 Å². The van der Waals surface area contributed by atoms with Crippen molar-refractivity contribution in [2.45, 2.75) is 245 Å². The average Bonchev–Trinajstić information content (AvgIpc) is 3.18. The minimum atomic E-state index is -0.776. The number of carbonyl (C=O) groups is 3. The number of hydrogen-bond donors (Lipinski definition) is 0. The summed E-state index contributed by atoms with van der Waals surface area (Å²) in [6.07, 6.45) is 49.7. The summed E-state index contributed by atoms with van der Waals surface area (Å²) in [6, 6.07) is 0. The monoisotopic (exact) mass is 773 g/mol. The molecule has 320 valence electrons. The summed E-state index contributed by atoms with van der Waals surface area (Å²) in [5, 5.41) is 0. The molecule has 0 aromatic carbocycles. The van der Waals surface area contributed by atoms with Gasteiger partial charge in [-0.15, -0.1) is 0 Å². The molecule has 0 amide bonds. The first-order chi connectivity index (χ1) is 27.0. The highest BCUT2D eigenvalue weighted by Crippen LogP contribution is 2.14. The van der Waals surface area contributed by atoms with Gasteiger partial charge in [0.1, 0.15) is 13.2 Å². The van der Waals surface area contributed by atoms with Crippen molar-refractivity contribution in [1.82, 2.24) is 0 Å². The van der Waals surface area contributed by atoms with Gasteiger partial charge >= 0.3 is 17.9 Å². The molecule has 0 spiro atoms. The maximum Gasteiger partial charge on any atom is 0.306 e. The molecule has 0 unspecified atom stereocenters. The number of unbranched alkanes of at least 4 members (excludes halogenated alkanes) is 25. The summed E-state index contributed by atoms with van der Waals surface area (Å²) in [6.45, 7) is 6.54. The fourth-order valence-electron chi connectivity index (χ4n) is 6.51. The molecule has 55 heavy (non-hydrogen) atoms. The van der Waals surface area contributed by atoms with Crippen LogP contribution in [0.1, 0.15) is 239 Å². The molecule has 0 saturated carbocycles. The van der Waals surface area contributed by atoms with Crippen molar-refractivity contribution in [3.05, 3.63) is 36.5 Å². The van der Waals surface area contributed by atoms with Gasteiger partial charge in [0.05, 0.1) is 0 Å². The van der Waals surface area contributed by atoms with E-state index in [1.165, 1.54) is 109 Å².